The first-order valence-electron chi connectivity index (χ1n) is 25.4. The van der Waals surface area contributed by atoms with Gasteiger partial charge in [0.1, 0.15) is 73.1 Å². The van der Waals surface area contributed by atoms with Gasteiger partial charge in [-0.1, -0.05) is 6.92 Å². The number of carbonyl (C=O) groups excluding carboxylic acids is 4. The molecule has 0 aromatic heterocycles. The number of carbonyl (C=O) groups is 8. The third kappa shape index (κ3) is 24.0. The Balaban J connectivity index is 3.63. The predicted molar refractivity (Wildman–Crippen MR) is 267 cm³/mol. The van der Waals surface area contributed by atoms with Gasteiger partial charge in [-0.2, -0.15) is 0 Å². The number of hydrogen-bond acceptors (Lipinski definition) is 28. The standard InChI is InChI=1S/C45H82N8O28/c1-3-7-49(8-4-46-41(75)39(73)37(71)34(68)26(58)18-55)29(61)13-23(43(77)78)51-11-12-52(22-45(2,21-51)53(15-31(63)64)16-32(65)66)24(44(79)80)14-30(62)50(9-5-47-42(76)40(74)38(72)35(69)27(59)19-56)10-6-48-81-20-28(60)36(70)33(67)25(57)17-54/h23-28,33-40,48,54-60,67-74H,3-22H2,1-2H3,(H,46,75)(H,47,76)(H,63,64)(H,65,66)(H,77,78)(H,79,80). The van der Waals surface area contributed by atoms with Gasteiger partial charge in [0.2, 0.25) is 11.8 Å². The van der Waals surface area contributed by atoms with Crippen LogP contribution < -0.4 is 16.1 Å². The van der Waals surface area contributed by atoms with Crippen molar-refractivity contribution in [2.45, 2.75) is 124 Å². The van der Waals surface area contributed by atoms with Gasteiger partial charge < -0.3 is 117 Å². The molecule has 1 saturated heterocycles. The summed E-state index contributed by atoms with van der Waals surface area (Å²) in [7, 11) is 0. The van der Waals surface area contributed by atoms with E-state index in [4.69, 9.17) is 20.2 Å². The molecule has 0 aromatic rings. The molecule has 36 nitrogen and oxygen atoms in total. The van der Waals surface area contributed by atoms with E-state index in [0.29, 0.717) is 0 Å². The molecule has 1 rings (SSSR count). The Bertz CT molecular complexity index is 1970. The van der Waals surface area contributed by atoms with Crippen LogP contribution in [0.4, 0.5) is 0 Å². The van der Waals surface area contributed by atoms with Gasteiger partial charge in [-0.25, -0.2) is 5.48 Å². The molecule has 470 valence electrons. The van der Waals surface area contributed by atoms with E-state index in [-0.39, 0.29) is 26.1 Å². The minimum Gasteiger partial charge on any atom is -0.480 e. The molecule has 1 aliphatic heterocycles. The van der Waals surface area contributed by atoms with Crippen LogP contribution in [0, 0.1) is 0 Å². The molecule has 1 fully saturated rings. The van der Waals surface area contributed by atoms with Crippen molar-refractivity contribution < 1.29 is 140 Å². The minimum absolute atomic E-state index is 0.0350. The Hall–Kier alpha value is -5.04. The third-order valence-corrected chi connectivity index (χ3v) is 13.1. The normalized spacial score (nSPS) is 20.6. The Kier molecular flexibility index (Phi) is 33.4. The average molecular weight is 1180 g/mol. The van der Waals surface area contributed by atoms with E-state index in [1.807, 2.05) is 0 Å². The van der Waals surface area contributed by atoms with Gasteiger partial charge in [0.25, 0.3) is 11.8 Å². The molecule has 15 unspecified atom stereocenters. The summed E-state index contributed by atoms with van der Waals surface area (Å²) in [5, 5.41) is 192. The van der Waals surface area contributed by atoms with E-state index >= 15 is 0 Å². The smallest absolute Gasteiger partial charge is 0.321 e. The zero-order valence-corrected chi connectivity index (χ0v) is 44.6. The fourth-order valence-corrected chi connectivity index (χ4v) is 8.41. The van der Waals surface area contributed by atoms with Crippen molar-refractivity contribution in [1.82, 2.24) is 40.6 Å². The van der Waals surface area contributed by atoms with Gasteiger partial charge >= 0.3 is 23.9 Å². The van der Waals surface area contributed by atoms with Crippen LogP contribution in [0.2, 0.25) is 0 Å². The maximum atomic E-state index is 14.2. The second kappa shape index (κ2) is 36.5. The van der Waals surface area contributed by atoms with Crippen molar-refractivity contribution in [3.8, 4) is 0 Å². The van der Waals surface area contributed by atoms with Crippen LogP contribution in [0.5, 0.6) is 0 Å². The van der Waals surface area contributed by atoms with Crippen molar-refractivity contribution in [3.05, 3.63) is 0 Å². The molecule has 0 saturated carbocycles. The highest BCUT2D eigenvalue weighted by atomic mass is 16.6. The highest BCUT2D eigenvalue weighted by molar-refractivity contribution is 5.86. The van der Waals surface area contributed by atoms with Gasteiger partial charge in [0.15, 0.2) is 12.2 Å². The summed E-state index contributed by atoms with van der Waals surface area (Å²) in [6.45, 7) is -7.65. The fourth-order valence-electron chi connectivity index (χ4n) is 8.41. The first-order valence-corrected chi connectivity index (χ1v) is 25.4. The topological polar surface area (TPSA) is 582 Å². The van der Waals surface area contributed by atoms with Gasteiger partial charge in [0.05, 0.1) is 52.4 Å². The lowest BCUT2D eigenvalue weighted by molar-refractivity contribution is -0.151. The van der Waals surface area contributed by atoms with Gasteiger partial charge in [-0.15, -0.1) is 0 Å². The second-order valence-electron chi connectivity index (χ2n) is 19.4. The molecule has 36 heteroatoms. The zero-order valence-electron chi connectivity index (χ0n) is 44.6. The number of aliphatic hydroxyl groups excluding tert-OH is 15. The van der Waals surface area contributed by atoms with Gasteiger partial charge in [-0.3, -0.25) is 57.9 Å². The monoisotopic (exact) mass is 1180 g/mol. The Labute approximate surface area is 463 Å². The molecule has 0 aromatic carbocycles. The number of aliphatic hydroxyl groups is 15. The number of amides is 4. The predicted octanol–water partition coefficient (Wildman–Crippen LogP) is -13.4. The molecule has 22 N–H and O–H groups in total. The second-order valence-corrected chi connectivity index (χ2v) is 19.4. The van der Waals surface area contributed by atoms with Crippen LogP contribution in [-0.2, 0) is 43.2 Å². The van der Waals surface area contributed by atoms with Crippen LogP contribution in [0.1, 0.15) is 33.1 Å². The quantitative estimate of drug-likeness (QED) is 0.0200. The van der Waals surface area contributed by atoms with Crippen LogP contribution in [0.25, 0.3) is 0 Å². The number of nitrogens with zero attached hydrogens (tertiary/aromatic N) is 5. The zero-order chi connectivity index (χ0) is 62.1. The summed E-state index contributed by atoms with van der Waals surface area (Å²) in [5.74, 6) is -10.9. The minimum atomic E-state index is -2.41. The Morgan fingerprint density at radius 2 is 0.864 bits per heavy atom. The van der Waals surface area contributed by atoms with E-state index in [9.17, 15) is 120 Å². The summed E-state index contributed by atoms with van der Waals surface area (Å²) in [5.41, 5.74) is 0.498. The molecule has 0 spiro atoms. The molecular formula is C45H82N8O28. The summed E-state index contributed by atoms with van der Waals surface area (Å²) in [6, 6.07) is -3.70. The molecule has 15 atom stereocenters. The maximum absolute atomic E-state index is 14.2. The Morgan fingerprint density at radius 1 is 0.519 bits per heavy atom. The van der Waals surface area contributed by atoms with Gasteiger partial charge in [-0.05, 0) is 13.3 Å². The lowest BCUT2D eigenvalue weighted by Gasteiger charge is -2.44. The number of carboxylic acid groups (broad SMARTS) is 4. The van der Waals surface area contributed by atoms with E-state index in [1.54, 1.807) is 6.92 Å². The maximum Gasteiger partial charge on any atom is 0.321 e. The summed E-state index contributed by atoms with van der Waals surface area (Å²) in [6.07, 6.45) is -26.8. The van der Waals surface area contributed by atoms with Crippen molar-refractivity contribution in [3.63, 3.8) is 0 Å². The highest BCUT2D eigenvalue weighted by Gasteiger charge is 2.46. The molecular weight excluding hydrogens is 1100 g/mol. The third-order valence-electron chi connectivity index (χ3n) is 13.1. The van der Waals surface area contributed by atoms with Crippen LogP contribution >= 0.6 is 0 Å². The van der Waals surface area contributed by atoms with Gasteiger partial charge in [0, 0.05) is 77.5 Å². The first kappa shape index (κ1) is 74.0. The number of aliphatic carboxylic acids is 4. The number of rotatable bonds is 41. The van der Waals surface area contributed by atoms with Crippen LogP contribution in [0.3, 0.4) is 0 Å². The van der Waals surface area contributed by atoms with E-state index < -0.39 is 243 Å². The number of carboxylic acids is 4. The highest BCUT2D eigenvalue weighted by Crippen LogP contribution is 2.27. The average Bonchev–Trinajstić information content (AvgIpc) is 3.62. The van der Waals surface area contributed by atoms with Crippen molar-refractivity contribution >= 4 is 47.5 Å². The molecule has 4 amide bonds. The lowest BCUT2D eigenvalue weighted by Crippen LogP contribution is -2.62. The summed E-state index contributed by atoms with van der Waals surface area (Å²) in [4.78, 5) is 115. The summed E-state index contributed by atoms with van der Waals surface area (Å²) >= 11 is 0. The van der Waals surface area contributed by atoms with Crippen molar-refractivity contribution in [1.29, 1.82) is 0 Å². The molecule has 81 heavy (non-hydrogen) atoms. The Morgan fingerprint density at radius 3 is 1.21 bits per heavy atom. The number of hydroxylamine groups is 1. The molecule has 1 heterocycles. The fraction of sp³-hybridized carbons (Fsp3) is 0.822. The lowest BCUT2D eigenvalue weighted by atomic mass is 9.95. The molecule has 0 radical (unpaired) electrons. The van der Waals surface area contributed by atoms with Crippen LogP contribution in [-0.4, -0.2) is 371 Å². The molecule has 0 aliphatic carbocycles. The largest absolute Gasteiger partial charge is 0.480 e. The van der Waals surface area contributed by atoms with E-state index in [2.05, 4.69) is 16.1 Å². The summed E-state index contributed by atoms with van der Waals surface area (Å²) < 4.78 is 0. The number of nitrogens with one attached hydrogen (secondary N) is 3. The SMILES string of the molecule is CCCN(CCNC(=O)C(O)C(O)C(O)C(O)CO)C(=O)CC(C(=O)O)N1CCN(C(CC(=O)N(CCNOCC(O)C(O)C(O)C(O)CO)CCNC(=O)C(O)C(O)C(O)C(O)CO)C(=O)O)CC(C)(N(CC(=O)O)CC(=O)O)C1. The van der Waals surface area contributed by atoms with Crippen molar-refractivity contribution in [2.75, 3.05) is 112 Å². The van der Waals surface area contributed by atoms with Crippen molar-refractivity contribution in [2.24, 2.45) is 0 Å². The molecule has 1 aliphatic rings. The van der Waals surface area contributed by atoms with E-state index in [0.717, 1.165) is 19.6 Å². The number of hydrogen-bond donors (Lipinski definition) is 22. The molecule has 0 bridgehead atoms. The van der Waals surface area contributed by atoms with Crippen LogP contribution in [0.15, 0.2) is 0 Å². The first-order chi connectivity index (χ1) is 37.8. The van der Waals surface area contributed by atoms with E-state index in [1.165, 1.54) is 11.8 Å².